The van der Waals surface area contributed by atoms with Crippen molar-refractivity contribution >= 4 is 0 Å². The van der Waals surface area contributed by atoms with Gasteiger partial charge in [0.1, 0.15) is 0 Å². The monoisotopic (exact) mass is 198 g/mol. The topological polar surface area (TPSA) is 0 Å². The molecule has 0 saturated carbocycles. The molecule has 0 aromatic rings. The van der Waals surface area contributed by atoms with Gasteiger partial charge in [-0.2, -0.15) is 0 Å². The lowest BCUT2D eigenvalue weighted by Gasteiger charge is -2.40. The van der Waals surface area contributed by atoms with Gasteiger partial charge in [-0.3, -0.25) is 0 Å². The van der Waals surface area contributed by atoms with Crippen LogP contribution in [0.4, 0.5) is 0 Å². The Balaban J connectivity index is 4.42. The number of hydrogen-bond donors (Lipinski definition) is 0. The van der Waals surface area contributed by atoms with Crippen molar-refractivity contribution in [1.29, 1.82) is 0 Å². The van der Waals surface area contributed by atoms with Crippen LogP contribution in [0, 0.1) is 23.2 Å². The summed E-state index contributed by atoms with van der Waals surface area (Å²) in [5.74, 6) is 2.52. The van der Waals surface area contributed by atoms with Gasteiger partial charge >= 0.3 is 0 Å². The van der Waals surface area contributed by atoms with Gasteiger partial charge in [0.25, 0.3) is 0 Å². The molecule has 0 aliphatic heterocycles. The lowest BCUT2D eigenvalue weighted by molar-refractivity contribution is 0.0880. The molecule has 0 bridgehead atoms. The molecule has 3 unspecified atom stereocenters. The van der Waals surface area contributed by atoms with E-state index >= 15 is 0 Å². The predicted molar refractivity (Wildman–Crippen MR) is 66.5 cm³/mol. The fourth-order valence-corrected chi connectivity index (χ4v) is 2.34. The maximum atomic E-state index is 2.45. The summed E-state index contributed by atoms with van der Waals surface area (Å²) in [5, 5.41) is 0. The molecule has 0 N–H and O–H groups in total. The van der Waals surface area contributed by atoms with Gasteiger partial charge in [-0.25, -0.2) is 0 Å². The molecule has 3 atom stereocenters. The minimum absolute atomic E-state index is 0.492. The molecule has 0 aliphatic rings. The molecular formula is C14H30. The molecule has 0 rings (SSSR count). The van der Waals surface area contributed by atoms with Crippen LogP contribution in [-0.4, -0.2) is 0 Å². The second-order valence-corrected chi connectivity index (χ2v) is 5.69. The highest BCUT2D eigenvalue weighted by Gasteiger charge is 2.33. The Morgan fingerprint density at radius 2 is 1.50 bits per heavy atom. The van der Waals surface area contributed by atoms with Crippen molar-refractivity contribution < 1.29 is 0 Å². The number of hydrogen-bond acceptors (Lipinski definition) is 0. The molecule has 0 heteroatoms. The summed E-state index contributed by atoms with van der Waals surface area (Å²) in [6, 6.07) is 0. The third-order valence-corrected chi connectivity index (χ3v) is 4.66. The molecular weight excluding hydrogens is 168 g/mol. The van der Waals surface area contributed by atoms with Gasteiger partial charge in [0.2, 0.25) is 0 Å². The van der Waals surface area contributed by atoms with Crippen molar-refractivity contribution in [1.82, 2.24) is 0 Å². The standard InChI is InChI=1S/C14H30/c1-8-10-12(4)14(6,7)13(5)11(3)9-2/h11-13H,8-10H2,1-7H3. The summed E-state index contributed by atoms with van der Waals surface area (Å²) < 4.78 is 0. The van der Waals surface area contributed by atoms with E-state index in [2.05, 4.69) is 48.5 Å². The Morgan fingerprint density at radius 1 is 1.00 bits per heavy atom. The van der Waals surface area contributed by atoms with Crippen molar-refractivity contribution in [3.8, 4) is 0 Å². The first-order valence-electron chi connectivity index (χ1n) is 6.37. The average Bonchev–Trinajstić information content (AvgIpc) is 2.15. The van der Waals surface area contributed by atoms with Gasteiger partial charge in [0.15, 0.2) is 0 Å². The Labute approximate surface area is 91.5 Å². The summed E-state index contributed by atoms with van der Waals surface area (Å²) in [6.45, 7) is 16.7. The Morgan fingerprint density at radius 3 is 1.86 bits per heavy atom. The van der Waals surface area contributed by atoms with Crippen LogP contribution in [0.25, 0.3) is 0 Å². The van der Waals surface area contributed by atoms with Crippen LogP contribution >= 0.6 is 0 Å². The lowest BCUT2D eigenvalue weighted by atomic mass is 9.65. The van der Waals surface area contributed by atoms with E-state index in [1.54, 1.807) is 0 Å². The second kappa shape index (κ2) is 5.78. The molecule has 86 valence electrons. The maximum absolute atomic E-state index is 2.45. The van der Waals surface area contributed by atoms with Crippen molar-refractivity contribution in [2.45, 2.75) is 67.7 Å². The van der Waals surface area contributed by atoms with E-state index in [0.717, 1.165) is 17.8 Å². The minimum atomic E-state index is 0.492. The van der Waals surface area contributed by atoms with Crippen LogP contribution in [0.3, 0.4) is 0 Å². The van der Waals surface area contributed by atoms with E-state index in [-0.39, 0.29) is 0 Å². The average molecular weight is 198 g/mol. The first-order valence-corrected chi connectivity index (χ1v) is 6.37. The molecule has 0 saturated heterocycles. The third-order valence-electron chi connectivity index (χ3n) is 4.66. The molecule has 0 fully saturated rings. The highest BCUT2D eigenvalue weighted by Crippen LogP contribution is 2.41. The van der Waals surface area contributed by atoms with E-state index in [1.165, 1.54) is 19.3 Å². The molecule has 0 aromatic heterocycles. The van der Waals surface area contributed by atoms with Gasteiger partial charge in [0, 0.05) is 0 Å². The van der Waals surface area contributed by atoms with Gasteiger partial charge < -0.3 is 0 Å². The normalized spacial score (nSPS) is 19.1. The Bertz CT molecular complexity index is 146. The fraction of sp³-hybridized carbons (Fsp3) is 1.00. The van der Waals surface area contributed by atoms with Crippen LogP contribution < -0.4 is 0 Å². The van der Waals surface area contributed by atoms with Gasteiger partial charge in [-0.1, -0.05) is 67.7 Å². The molecule has 0 radical (unpaired) electrons. The number of rotatable bonds is 6. The minimum Gasteiger partial charge on any atom is -0.0654 e. The van der Waals surface area contributed by atoms with Gasteiger partial charge in [-0.05, 0) is 23.2 Å². The summed E-state index contributed by atoms with van der Waals surface area (Å²) in [5.41, 5.74) is 0.492. The fourth-order valence-electron chi connectivity index (χ4n) is 2.34. The van der Waals surface area contributed by atoms with Crippen LogP contribution in [0.1, 0.15) is 67.7 Å². The summed E-state index contributed by atoms with van der Waals surface area (Å²) >= 11 is 0. The summed E-state index contributed by atoms with van der Waals surface area (Å²) in [4.78, 5) is 0. The largest absolute Gasteiger partial charge is 0.0654 e. The maximum Gasteiger partial charge on any atom is -0.0300 e. The van der Waals surface area contributed by atoms with Gasteiger partial charge in [0.05, 0.1) is 0 Å². The van der Waals surface area contributed by atoms with Crippen molar-refractivity contribution in [3.05, 3.63) is 0 Å². The second-order valence-electron chi connectivity index (χ2n) is 5.69. The van der Waals surface area contributed by atoms with E-state index in [9.17, 15) is 0 Å². The van der Waals surface area contributed by atoms with Crippen LogP contribution in [-0.2, 0) is 0 Å². The van der Waals surface area contributed by atoms with Crippen LogP contribution in [0.2, 0.25) is 0 Å². The van der Waals surface area contributed by atoms with E-state index in [4.69, 9.17) is 0 Å². The molecule has 0 spiro atoms. The van der Waals surface area contributed by atoms with Gasteiger partial charge in [-0.15, -0.1) is 0 Å². The molecule has 0 aromatic carbocycles. The molecule has 0 amide bonds. The lowest BCUT2D eigenvalue weighted by Crippen LogP contribution is -2.33. The van der Waals surface area contributed by atoms with Crippen LogP contribution in [0.5, 0.6) is 0 Å². The molecule has 14 heavy (non-hydrogen) atoms. The molecule has 0 nitrogen and oxygen atoms in total. The first kappa shape index (κ1) is 14.0. The van der Waals surface area contributed by atoms with E-state index in [1.807, 2.05) is 0 Å². The van der Waals surface area contributed by atoms with E-state index < -0.39 is 0 Å². The third kappa shape index (κ3) is 3.29. The summed E-state index contributed by atoms with van der Waals surface area (Å²) in [7, 11) is 0. The highest BCUT2D eigenvalue weighted by atomic mass is 14.4. The highest BCUT2D eigenvalue weighted by molar-refractivity contribution is 4.82. The van der Waals surface area contributed by atoms with Crippen molar-refractivity contribution in [2.24, 2.45) is 23.2 Å². The van der Waals surface area contributed by atoms with E-state index in [0.29, 0.717) is 5.41 Å². The SMILES string of the molecule is CCCC(C)C(C)(C)C(C)C(C)CC. The van der Waals surface area contributed by atoms with Crippen molar-refractivity contribution in [3.63, 3.8) is 0 Å². The summed E-state index contributed by atoms with van der Waals surface area (Å²) in [6.07, 6.45) is 4.00. The molecule has 0 heterocycles. The smallest absolute Gasteiger partial charge is 0.0300 e. The van der Waals surface area contributed by atoms with Crippen molar-refractivity contribution in [2.75, 3.05) is 0 Å². The quantitative estimate of drug-likeness (QED) is 0.555. The molecule has 0 aliphatic carbocycles. The zero-order valence-corrected chi connectivity index (χ0v) is 11.4. The predicted octanol–water partition coefficient (Wildman–Crippen LogP) is 5.13. The Kier molecular flexibility index (Phi) is 5.78. The Hall–Kier alpha value is 0. The zero-order chi connectivity index (χ0) is 11.4. The van der Waals surface area contributed by atoms with Crippen LogP contribution in [0.15, 0.2) is 0 Å². The zero-order valence-electron chi connectivity index (χ0n) is 11.4. The first-order chi connectivity index (χ1) is 6.37.